The fourth-order valence-corrected chi connectivity index (χ4v) is 13.1. The molecule has 0 aromatic heterocycles. The van der Waals surface area contributed by atoms with Crippen molar-refractivity contribution in [1.29, 1.82) is 0 Å². The van der Waals surface area contributed by atoms with E-state index in [1.165, 1.54) is 16.7 Å². The molecule has 14 atom stereocenters. The highest BCUT2D eigenvalue weighted by molar-refractivity contribution is 8.00. The summed E-state index contributed by atoms with van der Waals surface area (Å²) in [5, 5.41) is 45.2. The predicted molar refractivity (Wildman–Crippen MR) is 207 cm³/mol. The Kier molecular flexibility index (Phi) is 12.5. The smallest absolute Gasteiger partial charge is 0.269 e. The summed E-state index contributed by atoms with van der Waals surface area (Å²) >= 11 is 1.46. The van der Waals surface area contributed by atoms with Crippen molar-refractivity contribution in [2.75, 3.05) is 12.3 Å². The number of unbranched alkanes of at least 4 members (excludes halogenated alkanes) is 1. The van der Waals surface area contributed by atoms with Gasteiger partial charge in [-0.3, -0.25) is 24.1 Å². The van der Waals surface area contributed by atoms with Crippen LogP contribution in [0.2, 0.25) is 0 Å². The lowest BCUT2D eigenvalue weighted by Gasteiger charge is -2.63. The van der Waals surface area contributed by atoms with Gasteiger partial charge in [-0.05, 0) is 122 Å². The normalized spacial score (nSPS) is 38.7. The lowest BCUT2D eigenvalue weighted by molar-refractivity contribution is -0.207. The van der Waals surface area contributed by atoms with E-state index in [4.69, 9.17) is 12.0 Å². The number of carbonyl (C=O) groups excluding carboxylic acids is 4. The Morgan fingerprint density at radius 1 is 1.09 bits per heavy atom. The molecule has 4 aliphatic carbocycles. The number of nitrogens with one attached hydrogen (secondary N) is 3. The molecule has 2 aliphatic heterocycles. The third-order valence-corrected chi connectivity index (χ3v) is 16.2. The van der Waals surface area contributed by atoms with Gasteiger partial charge >= 0.3 is 0 Å². The molecule has 0 radical (unpaired) electrons. The van der Waals surface area contributed by atoms with Crippen LogP contribution in [0.1, 0.15) is 105 Å². The molecule has 5 fully saturated rings. The van der Waals surface area contributed by atoms with Crippen molar-refractivity contribution in [3.63, 3.8) is 0 Å². The first-order valence-corrected chi connectivity index (χ1v) is 21.2. The predicted octanol–water partition coefficient (Wildman–Crippen LogP) is 3.71. The minimum Gasteiger partial charge on any atom is -0.393 e. The number of azide groups is 1. The fourth-order valence-electron chi connectivity index (χ4n) is 11.8. The van der Waals surface area contributed by atoms with Gasteiger partial charge in [0.2, 0.25) is 11.8 Å². The third kappa shape index (κ3) is 7.74. The van der Waals surface area contributed by atoms with Crippen molar-refractivity contribution in [1.82, 2.24) is 20.9 Å². The Labute approximate surface area is 328 Å². The van der Waals surface area contributed by atoms with Crippen LogP contribution < -0.4 is 16.0 Å². The summed E-state index contributed by atoms with van der Waals surface area (Å²) in [4.78, 5) is 56.9. The van der Waals surface area contributed by atoms with Crippen molar-refractivity contribution in [3.05, 3.63) is 21.7 Å². The van der Waals surface area contributed by atoms with Crippen molar-refractivity contribution < 1.29 is 34.5 Å². The second-order valence-electron chi connectivity index (χ2n) is 17.7. The lowest BCUT2D eigenvalue weighted by Crippen LogP contribution is -2.71. The second kappa shape index (κ2) is 16.7. The van der Waals surface area contributed by atoms with Crippen LogP contribution in [-0.4, -0.2) is 92.0 Å². The van der Waals surface area contributed by atoms with Gasteiger partial charge in [0.05, 0.1) is 24.9 Å². The minimum absolute atomic E-state index is 0.00712. The molecule has 0 spiro atoms. The molecule has 6 aliphatic rings. The standard InChI is InChI=1S/C40H59N7O7S/c1-6-7-8-9-31(51)43-30(19-42-46-41)44-36(53)35-22(3)20-55-38-34(37(54)47(35)38)45-32(52)13-10-21(2)25-11-12-26-33-27(18-29(50)40(25,26)5)39(4)15-14-24(48)16-23(39)17-28(33)49/h1,21,23-30,33-34,38,48-50H,7-20H2,2-5H3,(H,43,51)(H,44,53)(H,45,52). The Bertz CT molecular complexity index is 1650. The average Bonchev–Trinajstić information content (AvgIpc) is 3.51. The van der Waals surface area contributed by atoms with Gasteiger partial charge in [-0.25, -0.2) is 0 Å². The average molecular weight is 782 g/mol. The molecule has 0 bridgehead atoms. The van der Waals surface area contributed by atoms with Gasteiger partial charge < -0.3 is 31.3 Å². The number of β-lactam (4-membered cyclic amide) rings is 1. The lowest BCUT2D eigenvalue weighted by atomic mass is 9.43. The number of terminal acetylenes is 1. The van der Waals surface area contributed by atoms with E-state index in [1.54, 1.807) is 6.92 Å². The molecule has 6 rings (SSSR count). The number of carbonyl (C=O) groups is 4. The minimum atomic E-state index is -0.993. The van der Waals surface area contributed by atoms with E-state index in [0.717, 1.165) is 32.1 Å². The SMILES string of the molecule is C#CCCCC(=O)NC(CN=[N+]=[N-])NC(=O)C1=C(C)CSC2C(NC(=O)CCC(C)C3CCC4C5C(O)CC6CC(O)CCC6(C)C5CC(O)C34C)C(=O)N12. The van der Waals surface area contributed by atoms with Crippen LogP contribution in [0.5, 0.6) is 0 Å². The highest BCUT2D eigenvalue weighted by atomic mass is 32.2. The van der Waals surface area contributed by atoms with Gasteiger partial charge in [0.25, 0.3) is 11.8 Å². The van der Waals surface area contributed by atoms with Gasteiger partial charge in [-0.1, -0.05) is 25.9 Å². The van der Waals surface area contributed by atoms with Crippen LogP contribution >= 0.6 is 11.8 Å². The molecule has 6 N–H and O–H groups in total. The van der Waals surface area contributed by atoms with Crippen LogP contribution in [-0.2, 0) is 19.2 Å². The molecule has 15 heteroatoms. The Morgan fingerprint density at radius 3 is 2.58 bits per heavy atom. The van der Waals surface area contributed by atoms with E-state index in [1.807, 2.05) is 0 Å². The number of aliphatic hydroxyl groups excluding tert-OH is 3. The number of nitrogens with zero attached hydrogens (tertiary/aromatic N) is 4. The van der Waals surface area contributed by atoms with Crippen molar-refractivity contribution >= 4 is 35.4 Å². The van der Waals surface area contributed by atoms with E-state index >= 15 is 0 Å². The molecular formula is C40H59N7O7S. The zero-order valence-corrected chi connectivity index (χ0v) is 33.4. The van der Waals surface area contributed by atoms with Crippen molar-refractivity contribution in [2.24, 2.45) is 51.5 Å². The van der Waals surface area contributed by atoms with Gasteiger partial charge in [-0.2, -0.15) is 0 Å². The summed E-state index contributed by atoms with van der Waals surface area (Å²) in [6.45, 7) is 8.22. The second-order valence-corrected chi connectivity index (χ2v) is 18.8. The Morgan fingerprint density at radius 2 is 1.85 bits per heavy atom. The number of thioether (sulfide) groups is 1. The molecule has 4 saturated carbocycles. The maximum atomic E-state index is 13.5. The maximum Gasteiger partial charge on any atom is 0.269 e. The topological polar surface area (TPSA) is 217 Å². The molecule has 0 aromatic rings. The maximum absolute atomic E-state index is 13.5. The highest BCUT2D eigenvalue weighted by Crippen LogP contribution is 2.68. The number of hydrogen-bond donors (Lipinski definition) is 6. The molecule has 302 valence electrons. The number of rotatable bonds is 13. The summed E-state index contributed by atoms with van der Waals surface area (Å²) in [7, 11) is 0. The van der Waals surface area contributed by atoms with Crippen LogP contribution in [0.4, 0.5) is 0 Å². The third-order valence-electron chi connectivity index (χ3n) is 14.7. The van der Waals surface area contributed by atoms with Crippen molar-refractivity contribution in [2.45, 2.75) is 141 Å². The molecule has 0 aromatic carbocycles. The molecule has 14 unspecified atom stereocenters. The molecule has 4 amide bonds. The van der Waals surface area contributed by atoms with Crippen LogP contribution in [0, 0.1) is 58.7 Å². The van der Waals surface area contributed by atoms with E-state index in [2.05, 4.69) is 52.7 Å². The van der Waals surface area contributed by atoms with E-state index < -0.39 is 41.6 Å². The number of fused-ring (bicyclic) bond motifs is 6. The summed E-state index contributed by atoms with van der Waals surface area (Å²) < 4.78 is 0. The summed E-state index contributed by atoms with van der Waals surface area (Å²) in [6, 6.07) is -0.789. The van der Waals surface area contributed by atoms with Gasteiger partial charge in [-0.15, -0.1) is 24.1 Å². The Balaban J connectivity index is 1.04. The molecule has 55 heavy (non-hydrogen) atoms. The van der Waals surface area contributed by atoms with E-state index in [0.29, 0.717) is 43.4 Å². The molecule has 1 saturated heterocycles. The molecule has 2 heterocycles. The van der Waals surface area contributed by atoms with E-state index in [9.17, 15) is 34.5 Å². The first kappa shape index (κ1) is 41.4. The first-order chi connectivity index (χ1) is 26.1. The van der Waals surface area contributed by atoms with Crippen molar-refractivity contribution in [3.8, 4) is 12.3 Å². The quantitative estimate of drug-likeness (QED) is 0.0307. The molecular weight excluding hydrogens is 723 g/mol. The Hall–Kier alpha value is -3.28. The van der Waals surface area contributed by atoms with Crippen LogP contribution in [0.25, 0.3) is 10.4 Å². The summed E-state index contributed by atoms with van der Waals surface area (Å²) in [5.74, 6) is 2.45. The van der Waals surface area contributed by atoms with Gasteiger partial charge in [0.15, 0.2) is 0 Å². The monoisotopic (exact) mass is 781 g/mol. The number of amides is 4. The number of hydrogen-bond acceptors (Lipinski definition) is 9. The van der Waals surface area contributed by atoms with Crippen LogP contribution in [0.3, 0.4) is 0 Å². The van der Waals surface area contributed by atoms with Gasteiger partial charge in [0, 0.05) is 29.9 Å². The summed E-state index contributed by atoms with van der Waals surface area (Å²) in [6.07, 6.45) is 10.5. The van der Waals surface area contributed by atoms with Gasteiger partial charge in [0.1, 0.15) is 23.3 Å². The zero-order chi connectivity index (χ0) is 39.8. The summed E-state index contributed by atoms with van der Waals surface area (Å²) in [5.41, 5.74) is 9.30. The zero-order valence-electron chi connectivity index (χ0n) is 32.6. The largest absolute Gasteiger partial charge is 0.393 e. The highest BCUT2D eigenvalue weighted by Gasteiger charge is 2.65. The fraction of sp³-hybridized carbons (Fsp3) is 0.800. The number of aliphatic hydroxyl groups is 3. The van der Waals surface area contributed by atoms with E-state index in [-0.39, 0.29) is 89.3 Å². The molecule has 14 nitrogen and oxygen atoms in total. The van der Waals surface area contributed by atoms with Crippen LogP contribution in [0.15, 0.2) is 16.4 Å². The first-order valence-electron chi connectivity index (χ1n) is 20.2.